The van der Waals surface area contributed by atoms with Gasteiger partial charge in [0, 0.05) is 30.1 Å². The summed E-state index contributed by atoms with van der Waals surface area (Å²) in [5.41, 5.74) is 0.498. The Labute approximate surface area is 114 Å². The maximum atomic E-state index is 12.3. The van der Waals surface area contributed by atoms with Crippen molar-refractivity contribution in [2.24, 2.45) is 0 Å². The molecule has 7 heteroatoms. The molecule has 0 aliphatic heterocycles. The van der Waals surface area contributed by atoms with E-state index in [-0.39, 0.29) is 4.90 Å². The van der Waals surface area contributed by atoms with Crippen LogP contribution >= 0.6 is 15.9 Å². The van der Waals surface area contributed by atoms with Gasteiger partial charge in [0.25, 0.3) is 10.0 Å². The number of rotatable bonds is 3. The van der Waals surface area contributed by atoms with Gasteiger partial charge in [-0.15, -0.1) is 0 Å². The summed E-state index contributed by atoms with van der Waals surface area (Å²) in [4.78, 5) is 7.89. The Kier molecular flexibility index (Phi) is 3.63. The van der Waals surface area contributed by atoms with Crippen LogP contribution in [0.4, 0.5) is 5.69 Å². The quantitative estimate of drug-likeness (QED) is 0.865. The van der Waals surface area contributed by atoms with E-state index in [1.54, 1.807) is 18.3 Å². The topological polar surface area (TPSA) is 63.2 Å². The molecular weight excluding hydrogens is 318 g/mol. The summed E-state index contributed by atoms with van der Waals surface area (Å²) < 4.78 is 26.4. The Morgan fingerprint density at radius 1 is 1.22 bits per heavy atom. The number of halogens is 1. The zero-order chi connectivity index (χ0) is 13.2. The van der Waals surface area contributed by atoms with Crippen molar-refractivity contribution in [3.05, 3.63) is 47.5 Å². The molecule has 0 bridgehead atoms. The first kappa shape index (κ1) is 13.0. The highest BCUT2D eigenvalue weighted by atomic mass is 79.9. The summed E-state index contributed by atoms with van der Waals surface area (Å²) >= 11 is 3.20. The van der Waals surface area contributed by atoms with Gasteiger partial charge in [0.1, 0.15) is 4.90 Å². The fourth-order valence-corrected chi connectivity index (χ4v) is 3.06. The van der Waals surface area contributed by atoms with Crippen LogP contribution in [0.1, 0.15) is 0 Å². The van der Waals surface area contributed by atoms with Crippen LogP contribution in [0, 0.1) is 0 Å². The molecule has 2 aromatic heterocycles. The van der Waals surface area contributed by atoms with E-state index in [9.17, 15) is 8.42 Å². The van der Waals surface area contributed by atoms with Gasteiger partial charge >= 0.3 is 0 Å². The van der Waals surface area contributed by atoms with E-state index in [0.29, 0.717) is 10.2 Å². The fourth-order valence-electron chi connectivity index (χ4n) is 1.37. The summed E-state index contributed by atoms with van der Waals surface area (Å²) in [6, 6.07) is 4.87. The van der Waals surface area contributed by atoms with Crippen molar-refractivity contribution >= 4 is 31.6 Å². The predicted molar refractivity (Wildman–Crippen MR) is 71.8 cm³/mol. The van der Waals surface area contributed by atoms with Crippen molar-refractivity contribution < 1.29 is 8.42 Å². The van der Waals surface area contributed by atoms with Gasteiger partial charge in [-0.25, -0.2) is 8.42 Å². The molecule has 0 amide bonds. The smallest absolute Gasteiger partial charge is 0.265 e. The van der Waals surface area contributed by atoms with Gasteiger partial charge in [-0.05, 0) is 34.1 Å². The largest absolute Gasteiger partial charge is 0.268 e. The molecule has 0 N–H and O–H groups in total. The molecule has 0 radical (unpaired) electrons. The molecule has 0 unspecified atom stereocenters. The Hall–Kier alpha value is -1.47. The van der Waals surface area contributed by atoms with E-state index in [1.807, 2.05) is 0 Å². The fraction of sp³-hybridized carbons (Fsp3) is 0.0909. The normalized spacial score (nSPS) is 11.2. The molecule has 18 heavy (non-hydrogen) atoms. The van der Waals surface area contributed by atoms with Crippen LogP contribution in [-0.4, -0.2) is 25.4 Å². The molecule has 0 aromatic carbocycles. The summed E-state index contributed by atoms with van der Waals surface area (Å²) in [6.07, 6.45) is 5.92. The SMILES string of the molecule is CN(c1cccnc1)S(=O)(=O)c1cncc(Br)c1. The molecule has 0 aliphatic rings. The number of nitrogens with zero attached hydrogens (tertiary/aromatic N) is 3. The summed E-state index contributed by atoms with van der Waals surface area (Å²) in [6.45, 7) is 0. The summed E-state index contributed by atoms with van der Waals surface area (Å²) in [7, 11) is -2.13. The van der Waals surface area contributed by atoms with Crippen LogP contribution in [0.5, 0.6) is 0 Å². The maximum absolute atomic E-state index is 12.3. The van der Waals surface area contributed by atoms with Crippen LogP contribution < -0.4 is 4.31 Å². The first-order valence-electron chi connectivity index (χ1n) is 5.01. The van der Waals surface area contributed by atoms with E-state index in [1.165, 1.54) is 36.0 Å². The van der Waals surface area contributed by atoms with Gasteiger partial charge in [-0.3, -0.25) is 14.3 Å². The number of sulfonamides is 1. The molecule has 2 aromatic rings. The predicted octanol–water partition coefficient (Wildman–Crippen LogP) is 2.06. The molecule has 0 saturated carbocycles. The van der Waals surface area contributed by atoms with Crippen molar-refractivity contribution in [1.82, 2.24) is 9.97 Å². The second-order valence-corrected chi connectivity index (χ2v) is 6.41. The van der Waals surface area contributed by atoms with E-state index in [4.69, 9.17) is 0 Å². The van der Waals surface area contributed by atoms with Gasteiger partial charge in [-0.1, -0.05) is 0 Å². The maximum Gasteiger partial charge on any atom is 0.265 e. The van der Waals surface area contributed by atoms with Gasteiger partial charge in [0.05, 0.1) is 11.9 Å². The van der Waals surface area contributed by atoms with Gasteiger partial charge in [0.2, 0.25) is 0 Å². The zero-order valence-electron chi connectivity index (χ0n) is 9.49. The summed E-state index contributed by atoms with van der Waals surface area (Å²) in [5, 5.41) is 0. The molecule has 94 valence electrons. The highest BCUT2D eigenvalue weighted by Crippen LogP contribution is 2.22. The highest BCUT2D eigenvalue weighted by molar-refractivity contribution is 9.10. The van der Waals surface area contributed by atoms with E-state index in [2.05, 4.69) is 25.9 Å². The molecule has 0 atom stereocenters. The first-order chi connectivity index (χ1) is 8.51. The Balaban J connectivity index is 2.44. The lowest BCUT2D eigenvalue weighted by Gasteiger charge is -2.18. The molecule has 0 aliphatic carbocycles. The van der Waals surface area contributed by atoms with Crippen molar-refractivity contribution in [3.8, 4) is 0 Å². The highest BCUT2D eigenvalue weighted by Gasteiger charge is 2.21. The standard InChI is InChI=1S/C11H10BrN3O2S/c1-15(10-3-2-4-13-7-10)18(16,17)11-5-9(12)6-14-8-11/h2-8H,1H3. The molecule has 2 heterocycles. The molecular formula is C11H10BrN3O2S. The molecule has 0 spiro atoms. The molecule has 5 nitrogen and oxygen atoms in total. The minimum absolute atomic E-state index is 0.128. The number of anilines is 1. The number of hydrogen-bond donors (Lipinski definition) is 0. The molecule has 0 fully saturated rings. The van der Waals surface area contributed by atoms with Crippen LogP contribution in [0.2, 0.25) is 0 Å². The van der Waals surface area contributed by atoms with Crippen LogP contribution in [-0.2, 0) is 10.0 Å². The lowest BCUT2D eigenvalue weighted by molar-refractivity contribution is 0.594. The Bertz CT molecular complexity index is 646. The van der Waals surface area contributed by atoms with Gasteiger partial charge < -0.3 is 0 Å². The third-order valence-electron chi connectivity index (χ3n) is 2.35. The third-order valence-corrected chi connectivity index (χ3v) is 4.53. The third kappa shape index (κ3) is 2.51. The minimum atomic E-state index is -3.61. The summed E-state index contributed by atoms with van der Waals surface area (Å²) in [5.74, 6) is 0. The van der Waals surface area contributed by atoms with Gasteiger partial charge in [-0.2, -0.15) is 0 Å². The average Bonchev–Trinajstić information content (AvgIpc) is 2.39. The molecule has 0 saturated heterocycles. The lowest BCUT2D eigenvalue weighted by Crippen LogP contribution is -2.26. The van der Waals surface area contributed by atoms with Crippen molar-refractivity contribution in [2.45, 2.75) is 4.90 Å². The zero-order valence-corrected chi connectivity index (χ0v) is 11.9. The van der Waals surface area contributed by atoms with Crippen LogP contribution in [0.15, 0.2) is 52.4 Å². The van der Waals surface area contributed by atoms with Crippen LogP contribution in [0.3, 0.4) is 0 Å². The Morgan fingerprint density at radius 2 is 2.00 bits per heavy atom. The first-order valence-corrected chi connectivity index (χ1v) is 7.24. The molecule has 2 rings (SSSR count). The van der Waals surface area contributed by atoms with Crippen molar-refractivity contribution in [2.75, 3.05) is 11.4 Å². The van der Waals surface area contributed by atoms with Crippen LogP contribution in [0.25, 0.3) is 0 Å². The van der Waals surface area contributed by atoms with Crippen molar-refractivity contribution in [1.29, 1.82) is 0 Å². The average molecular weight is 328 g/mol. The minimum Gasteiger partial charge on any atom is -0.268 e. The van der Waals surface area contributed by atoms with Gasteiger partial charge in [0.15, 0.2) is 0 Å². The second-order valence-electron chi connectivity index (χ2n) is 3.52. The number of hydrogen-bond acceptors (Lipinski definition) is 4. The second kappa shape index (κ2) is 5.03. The van der Waals surface area contributed by atoms with E-state index in [0.717, 1.165) is 0 Å². The van der Waals surface area contributed by atoms with Crippen molar-refractivity contribution in [3.63, 3.8) is 0 Å². The monoisotopic (exact) mass is 327 g/mol. The Morgan fingerprint density at radius 3 is 2.61 bits per heavy atom. The lowest BCUT2D eigenvalue weighted by atomic mass is 10.4. The van der Waals surface area contributed by atoms with E-state index >= 15 is 0 Å². The number of pyridine rings is 2. The number of aromatic nitrogens is 2. The van der Waals surface area contributed by atoms with E-state index < -0.39 is 10.0 Å².